The molecule has 6 aromatic rings. The third-order valence-corrected chi connectivity index (χ3v) is 9.41. The molecule has 0 fully saturated rings. The zero-order valence-electron chi connectivity index (χ0n) is 35.5. The fourth-order valence-corrected chi connectivity index (χ4v) is 6.37. The predicted octanol–water partition coefficient (Wildman–Crippen LogP) is 16.3. The lowest BCUT2D eigenvalue weighted by Crippen LogP contribution is -2.19. The van der Waals surface area contributed by atoms with Gasteiger partial charge in [0.2, 0.25) is 0 Å². The maximum Gasteiger partial charge on any atom is 0.0461 e. The van der Waals surface area contributed by atoms with E-state index in [0.717, 1.165) is 22.6 Å². The summed E-state index contributed by atoms with van der Waals surface area (Å²) in [4.78, 5) is 2.22. The van der Waals surface area contributed by atoms with Crippen LogP contribution >= 0.6 is 0 Å². The van der Waals surface area contributed by atoms with E-state index in [9.17, 15) is 0 Å². The minimum absolute atomic E-state index is 0.979. The number of benzene rings is 5. The second kappa shape index (κ2) is 23.4. The van der Waals surface area contributed by atoms with Crippen LogP contribution in [0.15, 0.2) is 231 Å². The van der Waals surface area contributed by atoms with Gasteiger partial charge in [0.05, 0.1) is 0 Å². The summed E-state index contributed by atoms with van der Waals surface area (Å²) in [6.45, 7) is 22.7. The Labute approximate surface area is 349 Å². The molecule has 0 radical (unpaired) electrons. The Bertz CT molecular complexity index is 2370. The van der Waals surface area contributed by atoms with E-state index < -0.39 is 0 Å². The van der Waals surface area contributed by atoms with Crippen LogP contribution in [0.5, 0.6) is 0 Å². The number of rotatable bonds is 9. The number of aryl methyl sites for hydroxylation is 5. The van der Waals surface area contributed by atoms with Crippen LogP contribution in [0.2, 0.25) is 0 Å². The van der Waals surface area contributed by atoms with Gasteiger partial charge in [-0.15, -0.1) is 0 Å². The minimum atomic E-state index is 0.979. The summed E-state index contributed by atoms with van der Waals surface area (Å²) in [6, 6.07) is 56.0. The van der Waals surface area contributed by atoms with Gasteiger partial charge in [0.25, 0.3) is 0 Å². The monoisotopic (exact) mass is 757 g/mol. The third kappa shape index (κ3) is 13.2. The van der Waals surface area contributed by atoms with E-state index in [2.05, 4.69) is 199 Å². The molecule has 0 saturated carbocycles. The largest absolute Gasteiger partial charge is 0.311 e. The van der Waals surface area contributed by atoms with Crippen LogP contribution in [-0.2, 0) is 0 Å². The lowest BCUT2D eigenvalue weighted by Gasteiger charge is -2.27. The first-order valence-electron chi connectivity index (χ1n) is 20.0. The predicted molar refractivity (Wildman–Crippen MR) is 258 cm³/mol. The highest BCUT2D eigenvalue weighted by molar-refractivity contribution is 6.02. The average Bonchev–Trinajstić information content (AvgIpc) is 3.24. The van der Waals surface area contributed by atoms with Gasteiger partial charge in [0.1, 0.15) is 0 Å². The molecule has 0 aliphatic carbocycles. The van der Waals surface area contributed by atoms with E-state index in [4.69, 9.17) is 0 Å². The molecule has 0 atom stereocenters. The van der Waals surface area contributed by atoms with E-state index in [1.165, 1.54) is 55.3 Å². The molecule has 0 aliphatic heterocycles. The first-order chi connectivity index (χ1) is 28.2. The second-order valence-electron chi connectivity index (χ2n) is 14.2. The van der Waals surface area contributed by atoms with Crippen LogP contribution in [0.25, 0.3) is 33.0 Å². The van der Waals surface area contributed by atoms with Crippen molar-refractivity contribution >= 4 is 16.5 Å². The Balaban J connectivity index is 0.000000443. The molecule has 292 valence electrons. The van der Waals surface area contributed by atoms with Gasteiger partial charge < -0.3 is 4.90 Å². The number of hydrogen-bond acceptors (Lipinski definition) is 1. The fourth-order valence-electron chi connectivity index (χ4n) is 6.37. The van der Waals surface area contributed by atoms with Crippen LogP contribution < -0.4 is 4.90 Å². The lowest BCUT2D eigenvalue weighted by molar-refractivity contribution is 1.14. The molecular weight excluding hydrogens is 699 g/mol. The highest BCUT2D eigenvalue weighted by Crippen LogP contribution is 2.38. The highest BCUT2D eigenvalue weighted by atomic mass is 15.1. The Morgan fingerprint density at radius 3 is 1.55 bits per heavy atom. The van der Waals surface area contributed by atoms with Crippen molar-refractivity contribution in [3.8, 4) is 22.3 Å². The molecule has 0 aromatic heterocycles. The molecule has 1 nitrogen and oxygen atoms in total. The van der Waals surface area contributed by atoms with Crippen LogP contribution in [-0.4, -0.2) is 0 Å². The summed E-state index contributed by atoms with van der Waals surface area (Å²) in [5.41, 5.74) is 14.1. The first kappa shape index (κ1) is 44.0. The van der Waals surface area contributed by atoms with Crippen molar-refractivity contribution in [1.29, 1.82) is 0 Å². The molecule has 0 saturated heterocycles. The Morgan fingerprint density at radius 1 is 0.500 bits per heavy atom. The van der Waals surface area contributed by atoms with E-state index >= 15 is 0 Å². The maximum absolute atomic E-state index is 4.13. The molecule has 0 unspecified atom stereocenters. The van der Waals surface area contributed by atoms with Crippen LogP contribution in [0, 0.1) is 34.6 Å². The quantitative estimate of drug-likeness (QED) is 0.133. The Kier molecular flexibility index (Phi) is 17.8. The summed E-state index contributed by atoms with van der Waals surface area (Å²) in [7, 11) is 0. The van der Waals surface area contributed by atoms with Gasteiger partial charge in [-0.1, -0.05) is 217 Å². The van der Waals surface area contributed by atoms with Crippen LogP contribution in [0.1, 0.15) is 41.7 Å². The first-order valence-corrected chi connectivity index (χ1v) is 20.0. The minimum Gasteiger partial charge on any atom is -0.311 e. The smallest absolute Gasteiger partial charge is 0.0461 e. The zero-order valence-corrected chi connectivity index (χ0v) is 35.5. The van der Waals surface area contributed by atoms with Crippen molar-refractivity contribution in [2.45, 2.75) is 48.5 Å². The molecule has 58 heavy (non-hydrogen) atoms. The molecule has 0 N–H and O–H groups in total. The number of nitrogens with zero attached hydrogens (tertiary/aromatic N) is 1. The van der Waals surface area contributed by atoms with E-state index in [1.807, 2.05) is 67.6 Å². The zero-order chi connectivity index (χ0) is 41.7. The van der Waals surface area contributed by atoms with Gasteiger partial charge in [0.15, 0.2) is 0 Å². The maximum atomic E-state index is 4.13. The van der Waals surface area contributed by atoms with Crippen molar-refractivity contribution in [2.75, 3.05) is 4.90 Å². The van der Waals surface area contributed by atoms with Crippen molar-refractivity contribution < 1.29 is 0 Å². The molecule has 1 heteroatoms. The van der Waals surface area contributed by atoms with Gasteiger partial charge in [-0.05, 0) is 112 Å². The van der Waals surface area contributed by atoms with Gasteiger partial charge in [-0.25, -0.2) is 0 Å². The van der Waals surface area contributed by atoms with Crippen molar-refractivity contribution in [3.05, 3.63) is 259 Å². The topological polar surface area (TPSA) is 3.24 Å². The number of allylic oxidation sites excluding steroid dienone is 8. The highest BCUT2D eigenvalue weighted by Gasteiger charge is 2.15. The summed E-state index contributed by atoms with van der Waals surface area (Å²) in [6.07, 6.45) is 16.0. The summed E-state index contributed by atoms with van der Waals surface area (Å²) in [5.74, 6) is 0. The third-order valence-electron chi connectivity index (χ3n) is 9.41. The number of fused-ring (bicyclic) bond motifs is 1. The van der Waals surface area contributed by atoms with Crippen LogP contribution in [0.4, 0.5) is 5.69 Å². The molecule has 6 rings (SSSR count). The molecule has 0 bridgehead atoms. The van der Waals surface area contributed by atoms with Crippen LogP contribution in [0.3, 0.4) is 0 Å². The molecule has 0 heterocycles. The fraction of sp³-hybridized carbons (Fsp3) is 0.123. The van der Waals surface area contributed by atoms with E-state index in [1.54, 1.807) is 6.08 Å². The Hall–Kier alpha value is -6.70. The van der Waals surface area contributed by atoms with Crippen molar-refractivity contribution in [1.82, 2.24) is 0 Å². The van der Waals surface area contributed by atoms with Crippen molar-refractivity contribution in [3.63, 3.8) is 0 Å². The van der Waals surface area contributed by atoms with Gasteiger partial charge in [-0.3, -0.25) is 0 Å². The van der Waals surface area contributed by atoms with Gasteiger partial charge in [0, 0.05) is 17.1 Å². The summed E-state index contributed by atoms with van der Waals surface area (Å²) < 4.78 is 0. The molecule has 0 amide bonds. The number of anilines is 1. The second-order valence-corrected chi connectivity index (χ2v) is 14.2. The number of hydrogen-bond donors (Lipinski definition) is 0. The van der Waals surface area contributed by atoms with E-state index in [0.29, 0.717) is 0 Å². The molecule has 6 aromatic carbocycles. The van der Waals surface area contributed by atoms with Gasteiger partial charge in [-0.2, -0.15) is 0 Å². The standard InChI is InChI=1S/C43H43N.2C7H8/c1-8-12-18-38(10-3)44(39(11-4)19-13-9-2)40-27-25-36(26-28-40)43-41-29-22-34(7)30-37(41)17-15-14-16-33(6)31-42(43)35-23-20-32(5)21-24-35;2*1-7-5-3-2-4-6-7/h8-31H,1,4H2,2-3,5-7H3;2*2-6H,1H3/b13-9-,15-14?,16-14?,17-15?,18-12-,33-16?,33-31?,37-17?,38-10+,39-19+,42-31?,43-41?,43-42?;;. The lowest BCUT2D eigenvalue weighted by atomic mass is 9.90. The average molecular weight is 758 g/mol. The summed E-state index contributed by atoms with van der Waals surface area (Å²) >= 11 is 0. The van der Waals surface area contributed by atoms with Gasteiger partial charge >= 0.3 is 0 Å². The van der Waals surface area contributed by atoms with E-state index in [-0.39, 0.29) is 0 Å². The Morgan fingerprint density at radius 2 is 1.02 bits per heavy atom. The summed E-state index contributed by atoms with van der Waals surface area (Å²) in [5, 5.41) is 2.40. The molecule has 0 spiro atoms. The molecular formula is C57H59N. The SMILES string of the molecule is C=C/C=C\C(=C/C)N(/C(C=C)=C/C=C\C)c1ccc(-c2c(-c3ccc(C)cc3)cc(C)ccccc3cc(C)ccc23)cc1.Cc1ccccc1.Cc1ccccc1. The molecule has 0 aliphatic rings. The van der Waals surface area contributed by atoms with Crippen molar-refractivity contribution in [2.24, 2.45) is 0 Å². The normalized spacial score (nSPS) is 11.2.